The van der Waals surface area contributed by atoms with E-state index in [9.17, 15) is 13.2 Å². The molecule has 0 saturated carbocycles. The van der Waals surface area contributed by atoms with Crippen LogP contribution in [0.25, 0.3) is 0 Å². The van der Waals surface area contributed by atoms with Crippen molar-refractivity contribution >= 4 is 38.7 Å². The average molecular weight is 428 g/mol. The summed E-state index contributed by atoms with van der Waals surface area (Å²) in [6.45, 7) is 3.67. The molecule has 3 rings (SSSR count). The molecule has 0 atom stereocenters. The van der Waals surface area contributed by atoms with E-state index < -0.39 is 10.0 Å². The van der Waals surface area contributed by atoms with Crippen LogP contribution in [0.15, 0.2) is 76.0 Å². The fourth-order valence-corrected chi connectivity index (χ4v) is 4.29. The SMILES string of the molecule is C/C(=N\NC(=O)Cc1cccs1)c1ccc(NS(=O)(=O)c2ccc(C)cc2)cc1. The molecular formula is C21H21N3O3S2. The zero-order valence-corrected chi connectivity index (χ0v) is 17.7. The molecule has 0 radical (unpaired) electrons. The van der Waals surface area contributed by atoms with E-state index in [2.05, 4.69) is 15.2 Å². The highest BCUT2D eigenvalue weighted by molar-refractivity contribution is 7.92. The smallest absolute Gasteiger partial charge is 0.261 e. The van der Waals surface area contributed by atoms with E-state index in [0.29, 0.717) is 11.4 Å². The molecule has 0 aliphatic carbocycles. The van der Waals surface area contributed by atoms with Gasteiger partial charge in [-0.25, -0.2) is 13.8 Å². The molecule has 29 heavy (non-hydrogen) atoms. The third-order valence-corrected chi connectivity index (χ3v) is 6.42. The monoisotopic (exact) mass is 427 g/mol. The van der Waals surface area contributed by atoms with E-state index >= 15 is 0 Å². The first kappa shape index (κ1) is 20.8. The summed E-state index contributed by atoms with van der Waals surface area (Å²) in [5.74, 6) is -0.186. The van der Waals surface area contributed by atoms with E-state index in [4.69, 9.17) is 0 Å². The molecule has 0 saturated heterocycles. The minimum Gasteiger partial charge on any atom is -0.280 e. The molecule has 0 unspecified atom stereocenters. The summed E-state index contributed by atoms with van der Waals surface area (Å²) in [5.41, 5.74) is 5.38. The van der Waals surface area contributed by atoms with Crippen LogP contribution in [-0.2, 0) is 21.2 Å². The topological polar surface area (TPSA) is 87.6 Å². The maximum atomic E-state index is 12.5. The summed E-state index contributed by atoms with van der Waals surface area (Å²) in [6, 6.07) is 17.3. The minimum atomic E-state index is -3.65. The Bertz CT molecular complexity index is 1100. The number of benzene rings is 2. The summed E-state index contributed by atoms with van der Waals surface area (Å²) >= 11 is 1.52. The number of nitrogens with zero attached hydrogens (tertiary/aromatic N) is 1. The van der Waals surface area contributed by atoms with Crippen molar-refractivity contribution in [1.82, 2.24) is 5.43 Å². The van der Waals surface area contributed by atoms with E-state index in [1.165, 1.54) is 11.3 Å². The molecule has 8 heteroatoms. The highest BCUT2D eigenvalue weighted by Gasteiger charge is 2.13. The molecule has 0 fully saturated rings. The number of carbonyl (C=O) groups is 1. The maximum Gasteiger partial charge on any atom is 0.261 e. The van der Waals surface area contributed by atoms with Gasteiger partial charge in [0.05, 0.1) is 17.0 Å². The van der Waals surface area contributed by atoms with Crippen molar-refractivity contribution in [3.8, 4) is 0 Å². The summed E-state index contributed by atoms with van der Waals surface area (Å²) in [4.78, 5) is 13.1. The molecule has 0 bridgehead atoms. The van der Waals surface area contributed by atoms with Gasteiger partial charge in [0.1, 0.15) is 0 Å². The van der Waals surface area contributed by atoms with Crippen LogP contribution in [0.5, 0.6) is 0 Å². The van der Waals surface area contributed by atoms with Crippen LogP contribution < -0.4 is 10.1 Å². The highest BCUT2D eigenvalue weighted by Crippen LogP contribution is 2.17. The van der Waals surface area contributed by atoms with Crippen LogP contribution in [0, 0.1) is 6.92 Å². The van der Waals surface area contributed by atoms with Crippen LogP contribution in [-0.4, -0.2) is 20.0 Å². The number of hydrogen-bond acceptors (Lipinski definition) is 5. The summed E-state index contributed by atoms with van der Waals surface area (Å²) < 4.78 is 27.5. The van der Waals surface area contributed by atoms with Gasteiger partial charge in [-0.3, -0.25) is 9.52 Å². The predicted octanol–water partition coefficient (Wildman–Crippen LogP) is 3.94. The van der Waals surface area contributed by atoms with E-state index in [-0.39, 0.29) is 17.2 Å². The summed E-state index contributed by atoms with van der Waals surface area (Å²) in [5, 5.41) is 6.04. The number of thiophene rings is 1. The van der Waals surface area contributed by atoms with Gasteiger partial charge in [0.2, 0.25) is 5.91 Å². The Balaban J connectivity index is 1.63. The lowest BCUT2D eigenvalue weighted by Gasteiger charge is -2.09. The van der Waals surface area contributed by atoms with Crippen LogP contribution in [0.4, 0.5) is 5.69 Å². The lowest BCUT2D eigenvalue weighted by Crippen LogP contribution is -2.20. The highest BCUT2D eigenvalue weighted by atomic mass is 32.2. The van der Waals surface area contributed by atoms with Gasteiger partial charge in [-0.05, 0) is 55.1 Å². The molecule has 1 amide bonds. The largest absolute Gasteiger partial charge is 0.280 e. The number of rotatable bonds is 7. The molecule has 1 aromatic heterocycles. The van der Waals surface area contributed by atoms with Crippen molar-refractivity contribution in [2.45, 2.75) is 25.2 Å². The van der Waals surface area contributed by atoms with Crippen LogP contribution in [0.3, 0.4) is 0 Å². The normalized spacial score (nSPS) is 11.9. The molecule has 150 valence electrons. The number of hydrazone groups is 1. The minimum absolute atomic E-state index is 0.186. The number of aryl methyl sites for hydroxylation is 1. The molecule has 0 aliphatic rings. The van der Waals surface area contributed by atoms with Crippen molar-refractivity contribution in [2.75, 3.05) is 4.72 Å². The van der Waals surface area contributed by atoms with Crippen molar-refractivity contribution in [3.05, 3.63) is 82.0 Å². The fourth-order valence-electron chi connectivity index (χ4n) is 2.53. The molecule has 0 spiro atoms. The Kier molecular flexibility index (Phi) is 6.46. The van der Waals surface area contributed by atoms with Gasteiger partial charge in [0.15, 0.2) is 0 Å². The predicted molar refractivity (Wildman–Crippen MR) is 117 cm³/mol. The quantitative estimate of drug-likeness (QED) is 0.442. The van der Waals surface area contributed by atoms with Crippen LogP contribution in [0.1, 0.15) is 22.9 Å². The van der Waals surface area contributed by atoms with Crippen molar-refractivity contribution < 1.29 is 13.2 Å². The zero-order valence-electron chi connectivity index (χ0n) is 16.0. The first-order valence-corrected chi connectivity index (χ1v) is 11.3. The van der Waals surface area contributed by atoms with Crippen LogP contribution in [0.2, 0.25) is 0 Å². The first-order valence-electron chi connectivity index (χ1n) is 8.89. The van der Waals surface area contributed by atoms with Gasteiger partial charge >= 0.3 is 0 Å². The lowest BCUT2D eigenvalue weighted by molar-refractivity contribution is -0.120. The number of amides is 1. The number of sulfonamides is 1. The van der Waals surface area contributed by atoms with Crippen molar-refractivity contribution in [3.63, 3.8) is 0 Å². The molecular weight excluding hydrogens is 406 g/mol. The standard InChI is InChI=1S/C21H21N3O3S2/c1-15-5-11-20(12-6-15)29(26,27)24-18-9-7-17(8-10-18)16(2)22-23-21(25)14-19-4-3-13-28-19/h3-13,24H,14H2,1-2H3,(H,23,25)/b22-16+. The van der Waals surface area contributed by atoms with Crippen LogP contribution >= 0.6 is 11.3 Å². The van der Waals surface area contributed by atoms with Crippen molar-refractivity contribution in [1.29, 1.82) is 0 Å². The Morgan fingerprint density at radius 3 is 2.34 bits per heavy atom. The summed E-state index contributed by atoms with van der Waals surface area (Å²) in [6.07, 6.45) is 0.286. The molecule has 3 aromatic rings. The summed E-state index contributed by atoms with van der Waals surface area (Å²) in [7, 11) is -3.65. The molecule has 2 N–H and O–H groups in total. The Morgan fingerprint density at radius 2 is 1.72 bits per heavy atom. The van der Waals surface area contributed by atoms with Gasteiger partial charge in [0, 0.05) is 10.6 Å². The second kappa shape index (κ2) is 9.02. The number of anilines is 1. The second-order valence-electron chi connectivity index (χ2n) is 6.48. The van der Waals surface area contributed by atoms with Gasteiger partial charge in [-0.2, -0.15) is 5.10 Å². The molecule has 1 heterocycles. The number of nitrogens with one attached hydrogen (secondary N) is 2. The Labute approximate surface area is 174 Å². The first-order chi connectivity index (χ1) is 13.8. The lowest BCUT2D eigenvalue weighted by atomic mass is 10.1. The maximum absolute atomic E-state index is 12.5. The second-order valence-corrected chi connectivity index (χ2v) is 9.20. The third kappa shape index (κ3) is 5.75. The van der Waals surface area contributed by atoms with Gasteiger partial charge < -0.3 is 0 Å². The van der Waals surface area contributed by atoms with Crippen molar-refractivity contribution in [2.24, 2.45) is 5.10 Å². The van der Waals surface area contributed by atoms with Gasteiger partial charge in [-0.15, -0.1) is 11.3 Å². The van der Waals surface area contributed by atoms with Gasteiger partial charge in [0.25, 0.3) is 10.0 Å². The molecule has 0 aliphatic heterocycles. The van der Waals surface area contributed by atoms with Gasteiger partial charge in [-0.1, -0.05) is 35.9 Å². The van der Waals surface area contributed by atoms with E-state index in [0.717, 1.165) is 16.0 Å². The Hall–Kier alpha value is -2.97. The number of carbonyl (C=O) groups excluding carboxylic acids is 1. The fraction of sp³-hybridized carbons (Fsp3) is 0.143. The van der Waals surface area contributed by atoms with E-state index in [1.807, 2.05) is 24.4 Å². The Morgan fingerprint density at radius 1 is 1.03 bits per heavy atom. The number of hydrogen-bond donors (Lipinski definition) is 2. The molecule has 6 nitrogen and oxygen atoms in total. The zero-order chi connectivity index (χ0) is 20.9. The average Bonchev–Trinajstić information content (AvgIpc) is 3.20. The van der Waals surface area contributed by atoms with E-state index in [1.54, 1.807) is 55.5 Å². The molecule has 2 aromatic carbocycles. The third-order valence-electron chi connectivity index (χ3n) is 4.15.